The first kappa shape index (κ1) is 12.2. The topological polar surface area (TPSA) is 34.1 Å². The molecule has 0 atom stereocenters. The molecule has 0 unspecified atom stereocenters. The molecule has 2 nitrogen and oxygen atoms in total. The predicted octanol–water partition coefficient (Wildman–Crippen LogP) is 0.709. The Kier molecular flexibility index (Phi) is 5.79. The Morgan fingerprint density at radius 3 is 1.78 bits per heavy atom. The Morgan fingerprint density at radius 2 is 1.78 bits per heavy atom. The predicted molar refractivity (Wildman–Crippen MR) is 30.2 cm³/mol. The fourth-order valence-electron chi connectivity index (χ4n) is 0.0719. The third kappa shape index (κ3) is 3.93. The maximum absolute atomic E-state index is 10.4. The van der Waals surface area contributed by atoms with Gasteiger partial charge in [-0.3, -0.25) is 6.29 Å². The van der Waals surface area contributed by atoms with Crippen molar-refractivity contribution in [1.29, 1.82) is 0 Å². The van der Waals surface area contributed by atoms with E-state index >= 15 is 0 Å². The minimum Gasteiger partial charge on any atom is -0.541 e. The molecule has 0 aliphatic heterocycles. The average molecular weight is 202 g/mol. The molecule has 0 fully saturated rings. The van der Waals surface area contributed by atoms with Crippen LogP contribution in [0.1, 0.15) is 20.8 Å². The maximum atomic E-state index is 10.4. The normalized spacial score (nSPS) is 9.67. The van der Waals surface area contributed by atoms with Gasteiger partial charge in [0, 0.05) is 0 Å². The quantitative estimate of drug-likeness (QED) is 0.488. The van der Waals surface area contributed by atoms with Gasteiger partial charge < -0.3 is 9.59 Å². The molecular formula is C6H9O2Y+2. The van der Waals surface area contributed by atoms with Crippen molar-refractivity contribution >= 4 is 12.1 Å². The molecule has 0 bridgehead atoms. The molecule has 9 heavy (non-hydrogen) atoms. The Hall–Kier alpha value is 0.444. The molecule has 0 heterocycles. The van der Waals surface area contributed by atoms with E-state index in [-0.39, 0.29) is 38.5 Å². The average Bonchev–Trinajstić information content (AvgIpc) is 1.67. The minimum absolute atomic E-state index is 0. The summed E-state index contributed by atoms with van der Waals surface area (Å²) < 4.78 is 0. The van der Waals surface area contributed by atoms with E-state index in [0.29, 0.717) is 0 Å². The monoisotopic (exact) mass is 202 g/mol. The van der Waals surface area contributed by atoms with Crippen LogP contribution in [0.5, 0.6) is 0 Å². The van der Waals surface area contributed by atoms with Crippen LogP contribution in [-0.4, -0.2) is 12.1 Å². The Balaban J connectivity index is 0. The van der Waals surface area contributed by atoms with Crippen LogP contribution in [0.2, 0.25) is 0 Å². The van der Waals surface area contributed by atoms with E-state index in [1.165, 1.54) is 6.92 Å². The van der Waals surface area contributed by atoms with Gasteiger partial charge in [0.1, 0.15) is 5.78 Å². The van der Waals surface area contributed by atoms with Gasteiger partial charge >= 0.3 is 32.7 Å². The maximum Gasteiger partial charge on any atom is 3.00 e. The zero-order chi connectivity index (χ0) is 6.78. The summed E-state index contributed by atoms with van der Waals surface area (Å²) in [6, 6.07) is 0. The first-order valence-corrected chi connectivity index (χ1v) is 2.41. The van der Waals surface area contributed by atoms with E-state index in [4.69, 9.17) is 0 Å². The first-order valence-electron chi connectivity index (χ1n) is 2.41. The molecule has 0 aliphatic carbocycles. The molecule has 46 valence electrons. The van der Waals surface area contributed by atoms with Crippen molar-refractivity contribution < 1.29 is 42.3 Å². The van der Waals surface area contributed by atoms with Crippen LogP contribution in [0, 0.1) is 5.41 Å². The summed E-state index contributed by atoms with van der Waals surface area (Å²) in [7, 11) is 0. The smallest absolute Gasteiger partial charge is 0.541 e. The first-order chi connectivity index (χ1) is 3.50. The minimum atomic E-state index is -0.903. The number of carbonyl (C=O) groups is 1. The number of carbonyl (C=O) groups excluding carboxylic acids is 2. The molecule has 0 aromatic heterocycles. The second-order valence-electron chi connectivity index (χ2n) is 2.28. The van der Waals surface area contributed by atoms with Gasteiger partial charge in [-0.1, -0.05) is 19.3 Å². The SMILES string of the molecule is CC(=O)C(C)(C)[C-]=O.[Y+3]. The fourth-order valence-corrected chi connectivity index (χ4v) is 0.0719. The molecule has 0 N–H and O–H groups in total. The van der Waals surface area contributed by atoms with Crippen LogP contribution in [0.3, 0.4) is 0 Å². The number of ketones is 1. The Labute approximate surface area is 80.3 Å². The molecule has 0 aromatic carbocycles. The number of hydrogen-bond donors (Lipinski definition) is 0. The van der Waals surface area contributed by atoms with E-state index in [0.717, 1.165) is 0 Å². The summed E-state index contributed by atoms with van der Waals surface area (Å²) in [5.74, 6) is -0.146. The van der Waals surface area contributed by atoms with Crippen molar-refractivity contribution in [3.05, 3.63) is 0 Å². The zero-order valence-corrected chi connectivity index (χ0v) is 8.73. The van der Waals surface area contributed by atoms with Gasteiger partial charge in [0.05, 0.1) is 0 Å². The van der Waals surface area contributed by atoms with E-state index in [2.05, 4.69) is 0 Å². The van der Waals surface area contributed by atoms with Crippen LogP contribution >= 0.6 is 0 Å². The molecule has 0 aromatic rings. The summed E-state index contributed by atoms with van der Waals surface area (Å²) in [5, 5.41) is 0. The van der Waals surface area contributed by atoms with E-state index in [1.54, 1.807) is 20.1 Å². The van der Waals surface area contributed by atoms with Crippen LogP contribution in [0.15, 0.2) is 0 Å². The van der Waals surface area contributed by atoms with Crippen LogP contribution in [-0.2, 0) is 42.3 Å². The van der Waals surface area contributed by atoms with E-state index < -0.39 is 5.41 Å². The molecular weight excluding hydrogens is 193 g/mol. The van der Waals surface area contributed by atoms with Crippen molar-refractivity contribution in [2.24, 2.45) is 5.41 Å². The Morgan fingerprint density at radius 1 is 1.44 bits per heavy atom. The van der Waals surface area contributed by atoms with E-state index in [9.17, 15) is 9.59 Å². The van der Waals surface area contributed by atoms with Gasteiger partial charge in [0.2, 0.25) is 0 Å². The number of hydrogen-bond acceptors (Lipinski definition) is 2. The van der Waals surface area contributed by atoms with Crippen molar-refractivity contribution in [2.75, 3.05) is 0 Å². The zero-order valence-electron chi connectivity index (χ0n) is 5.89. The fraction of sp³-hybridized carbons (Fsp3) is 0.667. The molecule has 3 heteroatoms. The van der Waals surface area contributed by atoms with Crippen LogP contribution < -0.4 is 0 Å². The summed E-state index contributed by atoms with van der Waals surface area (Å²) in [6.07, 6.45) is 1.64. The Bertz CT molecular complexity index is 118. The summed E-state index contributed by atoms with van der Waals surface area (Å²) in [4.78, 5) is 20.4. The van der Waals surface area contributed by atoms with Crippen LogP contribution in [0.25, 0.3) is 0 Å². The molecule has 0 amide bonds. The van der Waals surface area contributed by atoms with Gasteiger partial charge in [-0.25, -0.2) is 0 Å². The second kappa shape index (κ2) is 4.29. The molecule has 0 rings (SSSR count). The van der Waals surface area contributed by atoms with Crippen molar-refractivity contribution in [3.63, 3.8) is 0 Å². The van der Waals surface area contributed by atoms with Crippen molar-refractivity contribution in [1.82, 2.24) is 0 Å². The second-order valence-corrected chi connectivity index (χ2v) is 2.28. The van der Waals surface area contributed by atoms with Crippen molar-refractivity contribution in [3.8, 4) is 0 Å². The van der Waals surface area contributed by atoms with Gasteiger partial charge in [-0.2, -0.15) is 0 Å². The third-order valence-electron chi connectivity index (χ3n) is 1.14. The van der Waals surface area contributed by atoms with Gasteiger partial charge in [-0.15, -0.1) is 0 Å². The molecule has 0 spiro atoms. The summed E-state index contributed by atoms with van der Waals surface area (Å²) in [5.41, 5.74) is -0.903. The molecule has 0 saturated carbocycles. The van der Waals surface area contributed by atoms with Gasteiger partial charge in [0.25, 0.3) is 0 Å². The standard InChI is InChI=1S/C6H9O2.Y/c1-5(8)6(2,3)4-7;/h1-3H3;/q-1;+3. The third-order valence-corrected chi connectivity index (χ3v) is 1.14. The van der Waals surface area contributed by atoms with Crippen LogP contribution in [0.4, 0.5) is 0 Å². The molecule has 0 saturated heterocycles. The summed E-state index contributed by atoms with van der Waals surface area (Å²) >= 11 is 0. The molecule has 0 radical (unpaired) electrons. The van der Waals surface area contributed by atoms with Gasteiger partial charge in [-0.05, 0) is 6.92 Å². The largest absolute Gasteiger partial charge is 3.00 e. The molecule has 0 aliphatic rings. The van der Waals surface area contributed by atoms with Crippen molar-refractivity contribution in [2.45, 2.75) is 20.8 Å². The number of rotatable bonds is 2. The number of Topliss-reactive ketones (excluding diaryl/α,β-unsaturated/α-hetero) is 1. The summed E-state index contributed by atoms with van der Waals surface area (Å²) in [6.45, 7) is 4.47. The van der Waals surface area contributed by atoms with E-state index in [1.807, 2.05) is 0 Å². The van der Waals surface area contributed by atoms with Gasteiger partial charge in [0.15, 0.2) is 0 Å².